The number of benzene rings is 1. The molecule has 1 saturated carbocycles. The molecule has 3 aromatic rings. The summed E-state index contributed by atoms with van der Waals surface area (Å²) in [6, 6.07) is 14.0. The summed E-state index contributed by atoms with van der Waals surface area (Å²) in [6.07, 6.45) is 3.56. The normalized spacial score (nSPS) is 19.9. The monoisotopic (exact) mass is 410 g/mol. The third-order valence-electron chi connectivity index (χ3n) is 5.82. The van der Waals surface area contributed by atoms with Gasteiger partial charge in [0, 0.05) is 23.4 Å². The van der Waals surface area contributed by atoms with Crippen molar-refractivity contribution in [3.05, 3.63) is 68.4 Å². The van der Waals surface area contributed by atoms with E-state index in [9.17, 15) is 0 Å². The summed E-state index contributed by atoms with van der Waals surface area (Å²) in [5, 5.41) is 7.20. The van der Waals surface area contributed by atoms with Gasteiger partial charge in [0.15, 0.2) is 4.77 Å². The average molecular weight is 411 g/mol. The van der Waals surface area contributed by atoms with Gasteiger partial charge in [0.1, 0.15) is 5.82 Å². The summed E-state index contributed by atoms with van der Waals surface area (Å²) in [5.74, 6) is 1.52. The van der Waals surface area contributed by atoms with Crippen LogP contribution in [-0.4, -0.2) is 25.8 Å². The van der Waals surface area contributed by atoms with E-state index < -0.39 is 0 Å². The zero-order valence-electron chi connectivity index (χ0n) is 16.4. The van der Waals surface area contributed by atoms with Gasteiger partial charge in [0.05, 0.1) is 12.7 Å². The Morgan fingerprint density at radius 3 is 2.68 bits per heavy atom. The highest BCUT2D eigenvalue weighted by Crippen LogP contribution is 2.39. The molecule has 1 aromatic carbocycles. The number of aromatic nitrogens is 3. The molecule has 146 valence electrons. The Labute approximate surface area is 175 Å². The van der Waals surface area contributed by atoms with Crippen LogP contribution in [0.15, 0.2) is 41.8 Å². The predicted octanol–water partition coefficient (Wildman–Crippen LogP) is 5.54. The Kier molecular flexibility index (Phi) is 4.73. The van der Waals surface area contributed by atoms with E-state index in [1.807, 2.05) is 11.3 Å². The highest BCUT2D eigenvalue weighted by molar-refractivity contribution is 7.71. The van der Waals surface area contributed by atoms with Crippen LogP contribution in [0.5, 0.6) is 0 Å². The van der Waals surface area contributed by atoms with Crippen molar-refractivity contribution in [3.63, 3.8) is 0 Å². The molecule has 1 unspecified atom stereocenters. The maximum atomic E-state index is 5.87. The van der Waals surface area contributed by atoms with Crippen LogP contribution < -0.4 is 0 Å². The molecule has 0 saturated heterocycles. The van der Waals surface area contributed by atoms with Crippen molar-refractivity contribution in [1.29, 1.82) is 0 Å². The number of hydrogen-bond donors (Lipinski definition) is 0. The average Bonchev–Trinajstić information content (AvgIpc) is 3.32. The molecule has 2 aliphatic rings. The minimum Gasteiger partial charge on any atom is -0.301 e. The lowest BCUT2D eigenvalue weighted by molar-refractivity contribution is 0.156. The van der Waals surface area contributed by atoms with Crippen LogP contribution in [0.1, 0.15) is 66.5 Å². The van der Waals surface area contributed by atoms with Crippen LogP contribution in [-0.2, 0) is 13.1 Å². The number of hydrogen-bond acceptors (Lipinski definition) is 4. The van der Waals surface area contributed by atoms with Gasteiger partial charge in [-0.2, -0.15) is 5.10 Å². The maximum absolute atomic E-state index is 5.87. The second-order valence-electron chi connectivity index (χ2n) is 8.21. The number of thiophene rings is 1. The van der Waals surface area contributed by atoms with E-state index in [2.05, 4.69) is 69.8 Å². The van der Waals surface area contributed by atoms with Gasteiger partial charge in [-0.25, -0.2) is 4.68 Å². The molecule has 0 radical (unpaired) electrons. The van der Waals surface area contributed by atoms with Crippen molar-refractivity contribution >= 4 is 23.6 Å². The summed E-state index contributed by atoms with van der Waals surface area (Å²) >= 11 is 7.76. The van der Waals surface area contributed by atoms with Gasteiger partial charge in [0.2, 0.25) is 0 Å². The quantitative estimate of drug-likeness (QED) is 0.517. The van der Waals surface area contributed by atoms with E-state index in [4.69, 9.17) is 17.3 Å². The summed E-state index contributed by atoms with van der Waals surface area (Å²) in [7, 11) is 0. The molecule has 5 rings (SSSR count). The smallest absolute Gasteiger partial charge is 0.199 e. The number of fused-ring (bicyclic) bond motifs is 1. The van der Waals surface area contributed by atoms with Crippen LogP contribution in [0.2, 0.25) is 0 Å². The van der Waals surface area contributed by atoms with Crippen molar-refractivity contribution in [3.8, 4) is 0 Å². The lowest BCUT2D eigenvalue weighted by Gasteiger charge is -2.36. The molecule has 0 spiro atoms. The molecule has 3 heterocycles. The topological polar surface area (TPSA) is 26.0 Å². The fraction of sp³-hybridized carbons (Fsp3) is 0.455. The first-order valence-electron chi connectivity index (χ1n) is 10.2. The highest BCUT2D eigenvalue weighted by atomic mass is 32.1. The van der Waals surface area contributed by atoms with Gasteiger partial charge in [0.25, 0.3) is 0 Å². The van der Waals surface area contributed by atoms with Crippen molar-refractivity contribution in [1.82, 2.24) is 19.2 Å². The second-order valence-corrected chi connectivity index (χ2v) is 9.58. The minimum atomic E-state index is 0.270. The van der Waals surface area contributed by atoms with E-state index in [1.165, 1.54) is 28.8 Å². The molecule has 1 aliphatic carbocycles. The zero-order chi connectivity index (χ0) is 19.3. The zero-order valence-corrected chi connectivity index (χ0v) is 18.0. The van der Waals surface area contributed by atoms with Gasteiger partial charge >= 0.3 is 0 Å². The SMILES string of the molecule is CC(C)c1nn(CN2CCc3sccc3C2c2ccccc2)c(=S)n1C1CC1. The lowest BCUT2D eigenvalue weighted by Crippen LogP contribution is -2.37. The van der Waals surface area contributed by atoms with Crippen LogP contribution in [0, 0.1) is 4.77 Å². The van der Waals surface area contributed by atoms with Crippen molar-refractivity contribution < 1.29 is 0 Å². The minimum absolute atomic E-state index is 0.270. The molecule has 1 aliphatic heterocycles. The first-order valence-corrected chi connectivity index (χ1v) is 11.5. The van der Waals surface area contributed by atoms with Crippen molar-refractivity contribution in [2.75, 3.05) is 6.54 Å². The standard InChI is InChI=1S/C22H26N4S2/c1-15(2)21-23-25(22(27)26(21)17-8-9-17)14-24-12-10-19-18(11-13-28-19)20(24)16-6-4-3-5-7-16/h3-7,11,13,15,17,20H,8-10,12,14H2,1-2H3. The van der Waals surface area contributed by atoms with E-state index >= 15 is 0 Å². The summed E-state index contributed by atoms with van der Waals surface area (Å²) < 4.78 is 5.27. The molecule has 0 bridgehead atoms. The first kappa shape index (κ1) is 18.3. The Morgan fingerprint density at radius 2 is 1.96 bits per heavy atom. The number of rotatable bonds is 5. The van der Waals surface area contributed by atoms with E-state index in [0.29, 0.717) is 12.0 Å². The largest absolute Gasteiger partial charge is 0.301 e. The van der Waals surface area contributed by atoms with Gasteiger partial charge in [-0.05, 0) is 54.1 Å². The Bertz CT molecular complexity index is 1030. The predicted molar refractivity (Wildman–Crippen MR) is 116 cm³/mol. The molecule has 28 heavy (non-hydrogen) atoms. The fourth-order valence-electron chi connectivity index (χ4n) is 4.32. The lowest BCUT2D eigenvalue weighted by atomic mass is 9.94. The fourth-order valence-corrected chi connectivity index (χ4v) is 5.56. The highest BCUT2D eigenvalue weighted by Gasteiger charge is 2.32. The summed E-state index contributed by atoms with van der Waals surface area (Å²) in [5.41, 5.74) is 2.79. The van der Waals surface area contributed by atoms with Crippen molar-refractivity contribution in [2.24, 2.45) is 0 Å². The first-order chi connectivity index (χ1) is 13.6. The van der Waals surface area contributed by atoms with E-state index in [1.54, 1.807) is 0 Å². The molecule has 2 aromatic heterocycles. The maximum Gasteiger partial charge on any atom is 0.199 e. The third kappa shape index (κ3) is 3.17. The van der Waals surface area contributed by atoms with E-state index in [0.717, 1.165) is 30.2 Å². The van der Waals surface area contributed by atoms with E-state index in [-0.39, 0.29) is 6.04 Å². The Hall–Kier alpha value is -1.76. The Morgan fingerprint density at radius 1 is 1.18 bits per heavy atom. The van der Waals surface area contributed by atoms with Gasteiger partial charge in [-0.3, -0.25) is 4.90 Å². The summed E-state index contributed by atoms with van der Waals surface area (Å²) in [4.78, 5) is 4.05. The van der Waals surface area contributed by atoms with Crippen LogP contribution in [0.25, 0.3) is 0 Å². The van der Waals surface area contributed by atoms with Gasteiger partial charge in [-0.1, -0.05) is 44.2 Å². The van der Waals surface area contributed by atoms with Gasteiger partial charge in [-0.15, -0.1) is 11.3 Å². The molecule has 0 N–H and O–H groups in total. The van der Waals surface area contributed by atoms with Gasteiger partial charge < -0.3 is 4.57 Å². The van der Waals surface area contributed by atoms with Crippen LogP contribution >= 0.6 is 23.6 Å². The molecule has 6 heteroatoms. The Balaban J connectivity index is 1.53. The summed E-state index contributed by atoms with van der Waals surface area (Å²) in [6.45, 7) is 6.20. The molecule has 1 fully saturated rings. The van der Waals surface area contributed by atoms with Crippen molar-refractivity contribution in [2.45, 2.75) is 57.8 Å². The third-order valence-corrected chi connectivity index (χ3v) is 7.23. The molecule has 4 nitrogen and oxygen atoms in total. The second kappa shape index (κ2) is 7.25. The molecular weight excluding hydrogens is 384 g/mol. The number of nitrogens with zero attached hydrogens (tertiary/aromatic N) is 4. The van der Waals surface area contributed by atoms with Crippen LogP contribution in [0.3, 0.4) is 0 Å². The molecular formula is C22H26N4S2. The molecule has 1 atom stereocenters. The molecule has 0 amide bonds. The van der Waals surface area contributed by atoms with Crippen LogP contribution in [0.4, 0.5) is 0 Å².